The Morgan fingerprint density at radius 3 is 2.71 bits per heavy atom. The predicted molar refractivity (Wildman–Crippen MR) is 124 cm³/mol. The van der Waals surface area contributed by atoms with Gasteiger partial charge in [0.05, 0.1) is 23.9 Å². The van der Waals surface area contributed by atoms with E-state index in [9.17, 15) is 13.2 Å². The molecular weight excluding hydrogens is 443 g/mol. The number of piperazine rings is 1. The van der Waals surface area contributed by atoms with E-state index in [4.69, 9.17) is 4.98 Å². The SMILES string of the molecule is CN(Cc1cn2c(N3CCN(CCC(F)(F)F)CC3)nccc2n1)C1CCCc2cccnc21. The quantitative estimate of drug-likeness (QED) is 0.544. The third-order valence-electron chi connectivity index (χ3n) is 6.89. The minimum atomic E-state index is -4.11. The molecule has 0 bridgehead atoms. The van der Waals surface area contributed by atoms with Crippen LogP contribution in [0.4, 0.5) is 19.1 Å². The third-order valence-corrected chi connectivity index (χ3v) is 6.89. The van der Waals surface area contributed by atoms with Crippen molar-refractivity contribution in [3.05, 3.63) is 53.7 Å². The Kier molecular flexibility index (Phi) is 6.44. The van der Waals surface area contributed by atoms with E-state index >= 15 is 0 Å². The van der Waals surface area contributed by atoms with Gasteiger partial charge in [-0.05, 0) is 44.0 Å². The fourth-order valence-corrected chi connectivity index (χ4v) is 5.10. The van der Waals surface area contributed by atoms with Crippen LogP contribution >= 0.6 is 0 Å². The number of alkyl halides is 3. The van der Waals surface area contributed by atoms with Gasteiger partial charge in [0, 0.05) is 57.9 Å². The van der Waals surface area contributed by atoms with Gasteiger partial charge in [0.25, 0.3) is 0 Å². The maximum Gasteiger partial charge on any atom is 0.390 e. The van der Waals surface area contributed by atoms with Crippen LogP contribution < -0.4 is 4.90 Å². The third kappa shape index (κ3) is 5.02. The van der Waals surface area contributed by atoms with Gasteiger partial charge < -0.3 is 4.90 Å². The molecule has 1 fully saturated rings. The van der Waals surface area contributed by atoms with Gasteiger partial charge in [0.2, 0.25) is 5.95 Å². The Balaban J connectivity index is 1.27. The first-order valence-corrected chi connectivity index (χ1v) is 11.9. The first-order chi connectivity index (χ1) is 16.4. The molecule has 0 aromatic carbocycles. The number of aromatic nitrogens is 4. The van der Waals surface area contributed by atoms with Gasteiger partial charge in [-0.25, -0.2) is 9.97 Å². The monoisotopic (exact) mass is 473 g/mol. The van der Waals surface area contributed by atoms with E-state index in [1.165, 1.54) is 11.3 Å². The smallest absolute Gasteiger partial charge is 0.339 e. The van der Waals surface area contributed by atoms with Crippen LogP contribution in [0.15, 0.2) is 36.8 Å². The van der Waals surface area contributed by atoms with Gasteiger partial charge in [-0.15, -0.1) is 0 Å². The van der Waals surface area contributed by atoms with Crippen LogP contribution in [-0.4, -0.2) is 75.1 Å². The maximum atomic E-state index is 12.5. The van der Waals surface area contributed by atoms with Crippen molar-refractivity contribution in [2.75, 3.05) is 44.7 Å². The molecule has 1 unspecified atom stereocenters. The van der Waals surface area contributed by atoms with Crippen LogP contribution in [0.5, 0.6) is 0 Å². The number of hydrogen-bond acceptors (Lipinski definition) is 6. The Labute approximate surface area is 197 Å². The van der Waals surface area contributed by atoms with E-state index in [0.717, 1.165) is 36.6 Å². The molecular formula is C24H30F3N7. The zero-order valence-electron chi connectivity index (χ0n) is 19.4. The van der Waals surface area contributed by atoms with E-state index in [-0.39, 0.29) is 12.6 Å². The van der Waals surface area contributed by atoms with Gasteiger partial charge in [-0.1, -0.05) is 6.07 Å². The highest BCUT2D eigenvalue weighted by Crippen LogP contribution is 2.32. The first kappa shape index (κ1) is 23.0. The number of halogens is 3. The van der Waals surface area contributed by atoms with Crippen molar-refractivity contribution < 1.29 is 13.2 Å². The van der Waals surface area contributed by atoms with Crippen LogP contribution in [0.1, 0.15) is 42.3 Å². The zero-order chi connectivity index (χ0) is 23.7. The lowest BCUT2D eigenvalue weighted by atomic mass is 9.91. The highest BCUT2D eigenvalue weighted by atomic mass is 19.4. The summed E-state index contributed by atoms with van der Waals surface area (Å²) in [6.45, 7) is 3.21. The molecule has 0 amide bonds. The van der Waals surface area contributed by atoms with Crippen LogP contribution in [0, 0.1) is 0 Å². The van der Waals surface area contributed by atoms with E-state index < -0.39 is 12.6 Å². The summed E-state index contributed by atoms with van der Waals surface area (Å²) in [5.41, 5.74) is 4.30. The number of nitrogens with zero attached hydrogens (tertiary/aromatic N) is 7. The van der Waals surface area contributed by atoms with Gasteiger partial charge >= 0.3 is 6.18 Å². The Morgan fingerprint density at radius 2 is 1.91 bits per heavy atom. The van der Waals surface area contributed by atoms with E-state index in [2.05, 4.69) is 32.9 Å². The normalized spacial score (nSPS) is 19.7. The van der Waals surface area contributed by atoms with Crippen molar-refractivity contribution >= 4 is 11.6 Å². The minimum absolute atomic E-state index is 0.0513. The number of anilines is 1. The van der Waals surface area contributed by atoms with Gasteiger partial charge in [-0.3, -0.25) is 19.2 Å². The molecule has 34 heavy (non-hydrogen) atoms. The Bertz CT molecular complexity index is 1120. The zero-order valence-corrected chi connectivity index (χ0v) is 19.4. The molecule has 7 nitrogen and oxygen atoms in total. The molecule has 10 heteroatoms. The second kappa shape index (κ2) is 9.50. The summed E-state index contributed by atoms with van der Waals surface area (Å²) in [4.78, 5) is 20.4. The molecule has 2 aliphatic rings. The molecule has 3 aromatic rings. The summed E-state index contributed by atoms with van der Waals surface area (Å²) in [5, 5.41) is 0. The largest absolute Gasteiger partial charge is 0.390 e. The number of aryl methyl sites for hydroxylation is 1. The van der Waals surface area contributed by atoms with Crippen molar-refractivity contribution in [2.24, 2.45) is 0 Å². The van der Waals surface area contributed by atoms with Crippen molar-refractivity contribution in [3.8, 4) is 0 Å². The topological polar surface area (TPSA) is 52.8 Å². The summed E-state index contributed by atoms with van der Waals surface area (Å²) in [7, 11) is 2.12. The highest BCUT2D eigenvalue weighted by Gasteiger charge is 2.29. The maximum absolute atomic E-state index is 12.5. The van der Waals surface area contributed by atoms with E-state index in [0.29, 0.717) is 32.7 Å². The summed E-state index contributed by atoms with van der Waals surface area (Å²) in [6, 6.07) is 6.35. The number of rotatable bonds is 6. The molecule has 1 aliphatic carbocycles. The molecule has 0 radical (unpaired) electrons. The fraction of sp³-hybridized carbons (Fsp3) is 0.542. The molecule has 182 valence electrons. The predicted octanol–water partition coefficient (Wildman–Crippen LogP) is 3.71. The number of pyridine rings is 1. The highest BCUT2D eigenvalue weighted by molar-refractivity contribution is 5.48. The second-order valence-corrected chi connectivity index (χ2v) is 9.27. The number of imidazole rings is 1. The molecule has 1 aliphatic heterocycles. The molecule has 0 saturated carbocycles. The Hall–Kier alpha value is -2.72. The van der Waals surface area contributed by atoms with Crippen LogP contribution in [0.25, 0.3) is 5.65 Å². The molecule has 1 atom stereocenters. The lowest BCUT2D eigenvalue weighted by Crippen LogP contribution is -2.48. The van der Waals surface area contributed by atoms with Crippen LogP contribution in [0.3, 0.4) is 0 Å². The molecule has 5 rings (SSSR count). The lowest BCUT2D eigenvalue weighted by molar-refractivity contribution is -0.138. The average molecular weight is 474 g/mol. The van der Waals surface area contributed by atoms with Crippen molar-refractivity contribution in [3.63, 3.8) is 0 Å². The Morgan fingerprint density at radius 1 is 1.09 bits per heavy atom. The summed E-state index contributed by atoms with van der Waals surface area (Å²) in [5.74, 6) is 0.791. The summed E-state index contributed by atoms with van der Waals surface area (Å²) >= 11 is 0. The van der Waals surface area contributed by atoms with E-state index in [1.807, 2.05) is 33.8 Å². The fourth-order valence-electron chi connectivity index (χ4n) is 5.10. The lowest BCUT2D eigenvalue weighted by Gasteiger charge is -2.35. The molecule has 1 saturated heterocycles. The van der Waals surface area contributed by atoms with Crippen molar-refractivity contribution in [1.29, 1.82) is 0 Å². The second-order valence-electron chi connectivity index (χ2n) is 9.27. The van der Waals surface area contributed by atoms with Crippen molar-refractivity contribution in [2.45, 2.75) is 44.4 Å². The van der Waals surface area contributed by atoms with Crippen LogP contribution in [-0.2, 0) is 13.0 Å². The minimum Gasteiger partial charge on any atom is -0.339 e. The van der Waals surface area contributed by atoms with Crippen LogP contribution in [0.2, 0.25) is 0 Å². The molecule has 4 heterocycles. The molecule has 0 spiro atoms. The van der Waals surface area contributed by atoms with Gasteiger partial charge in [0.15, 0.2) is 0 Å². The van der Waals surface area contributed by atoms with E-state index in [1.54, 1.807) is 6.20 Å². The molecule has 0 N–H and O–H groups in total. The average Bonchev–Trinajstić information content (AvgIpc) is 3.24. The first-order valence-electron chi connectivity index (χ1n) is 11.9. The van der Waals surface area contributed by atoms with Gasteiger partial charge in [-0.2, -0.15) is 13.2 Å². The summed E-state index contributed by atoms with van der Waals surface area (Å²) in [6.07, 6.45) is 4.10. The number of hydrogen-bond donors (Lipinski definition) is 0. The standard InChI is InChI=1S/C24H30F3N7/c1-31(20-6-2-4-18-5-3-9-28-22(18)20)16-19-17-34-21(30-19)7-10-29-23(34)33-14-12-32(13-15-33)11-8-24(25,26)27/h3,5,7,9-10,17,20H,2,4,6,8,11-16H2,1H3. The molecule has 3 aromatic heterocycles. The summed E-state index contributed by atoms with van der Waals surface area (Å²) < 4.78 is 39.6. The van der Waals surface area contributed by atoms with Gasteiger partial charge in [0.1, 0.15) is 5.65 Å². The number of fused-ring (bicyclic) bond motifs is 2. The van der Waals surface area contributed by atoms with Crippen molar-refractivity contribution in [1.82, 2.24) is 29.2 Å².